The highest BCUT2D eigenvalue weighted by molar-refractivity contribution is 7.92. The van der Waals surface area contributed by atoms with Crippen LogP contribution in [0.4, 0.5) is 11.4 Å². The number of nitrogen functional groups attached to an aromatic ring is 1. The summed E-state index contributed by atoms with van der Waals surface area (Å²) < 4.78 is 22.3. The minimum absolute atomic E-state index is 0.288. The molecule has 88 valence electrons. The third-order valence-corrected chi connectivity index (χ3v) is 3.62. The van der Waals surface area contributed by atoms with Crippen LogP contribution in [-0.2, 0) is 14.6 Å². The van der Waals surface area contributed by atoms with Gasteiger partial charge in [0.05, 0.1) is 17.6 Å². The Morgan fingerprint density at radius 1 is 1.56 bits per heavy atom. The van der Waals surface area contributed by atoms with E-state index in [1.54, 1.807) is 0 Å². The molecular weight excluding hydrogens is 230 g/mol. The van der Waals surface area contributed by atoms with Crippen molar-refractivity contribution >= 4 is 27.1 Å². The molecule has 1 atom stereocenters. The Bertz CT molecular complexity index is 498. The van der Waals surface area contributed by atoms with Crippen molar-refractivity contribution in [2.75, 3.05) is 17.3 Å². The van der Waals surface area contributed by atoms with Gasteiger partial charge in [0.2, 0.25) is 5.91 Å². The SMILES string of the molecule is CC(C(=O)Nc1ccncc1N)S(C)(=O)=O. The third-order valence-electron chi connectivity index (χ3n) is 2.12. The van der Waals surface area contributed by atoms with E-state index in [0.717, 1.165) is 6.26 Å². The fraction of sp³-hybridized carbons (Fsp3) is 0.333. The van der Waals surface area contributed by atoms with E-state index in [2.05, 4.69) is 10.3 Å². The normalized spacial score (nSPS) is 13.1. The molecule has 0 aromatic carbocycles. The summed E-state index contributed by atoms with van der Waals surface area (Å²) in [5, 5.41) is 1.32. The second-order valence-electron chi connectivity index (χ2n) is 3.42. The van der Waals surface area contributed by atoms with E-state index in [9.17, 15) is 13.2 Å². The number of sulfone groups is 1. The van der Waals surface area contributed by atoms with Gasteiger partial charge in [-0.05, 0) is 13.0 Å². The topological polar surface area (TPSA) is 102 Å². The van der Waals surface area contributed by atoms with Crippen LogP contribution in [0.15, 0.2) is 18.5 Å². The molecule has 1 rings (SSSR count). The number of rotatable bonds is 3. The molecule has 3 N–H and O–H groups in total. The van der Waals surface area contributed by atoms with Crippen molar-refractivity contribution in [3.05, 3.63) is 18.5 Å². The second kappa shape index (κ2) is 4.48. The average Bonchev–Trinajstić information content (AvgIpc) is 2.19. The lowest BCUT2D eigenvalue weighted by Gasteiger charge is -2.11. The zero-order valence-electron chi connectivity index (χ0n) is 8.97. The van der Waals surface area contributed by atoms with E-state index < -0.39 is 21.0 Å². The van der Waals surface area contributed by atoms with Crippen LogP contribution in [0.1, 0.15) is 6.92 Å². The second-order valence-corrected chi connectivity index (χ2v) is 5.79. The summed E-state index contributed by atoms with van der Waals surface area (Å²) in [5.41, 5.74) is 6.20. The maximum Gasteiger partial charge on any atom is 0.242 e. The van der Waals surface area contributed by atoms with Gasteiger partial charge in [-0.3, -0.25) is 9.78 Å². The van der Waals surface area contributed by atoms with E-state index in [1.165, 1.54) is 25.4 Å². The first-order valence-corrected chi connectivity index (χ1v) is 6.47. The first-order valence-electron chi connectivity index (χ1n) is 4.51. The number of hydrogen-bond acceptors (Lipinski definition) is 5. The first kappa shape index (κ1) is 12.4. The van der Waals surface area contributed by atoms with Gasteiger partial charge in [0.15, 0.2) is 9.84 Å². The Hall–Kier alpha value is -1.63. The summed E-state index contributed by atoms with van der Waals surface area (Å²) in [6, 6.07) is 1.50. The Morgan fingerprint density at radius 2 is 2.19 bits per heavy atom. The van der Waals surface area contributed by atoms with Gasteiger partial charge in [-0.15, -0.1) is 0 Å². The first-order chi connectivity index (χ1) is 7.32. The average molecular weight is 243 g/mol. The van der Waals surface area contributed by atoms with Crippen LogP contribution in [0.25, 0.3) is 0 Å². The van der Waals surface area contributed by atoms with Crippen molar-refractivity contribution in [3.8, 4) is 0 Å². The number of carbonyl (C=O) groups excluding carboxylic acids is 1. The predicted octanol–water partition coefficient (Wildman–Crippen LogP) is 0.0354. The molecule has 6 nitrogen and oxygen atoms in total. The van der Waals surface area contributed by atoms with Crippen LogP contribution in [0.2, 0.25) is 0 Å². The van der Waals surface area contributed by atoms with Crippen molar-refractivity contribution in [2.24, 2.45) is 0 Å². The maximum atomic E-state index is 11.5. The molecule has 1 aromatic heterocycles. The number of carbonyl (C=O) groups is 1. The lowest BCUT2D eigenvalue weighted by atomic mass is 10.3. The fourth-order valence-corrected chi connectivity index (χ4v) is 1.40. The smallest absolute Gasteiger partial charge is 0.242 e. The van der Waals surface area contributed by atoms with Crippen molar-refractivity contribution in [1.82, 2.24) is 4.98 Å². The molecule has 0 aliphatic heterocycles. The highest BCUT2D eigenvalue weighted by atomic mass is 32.2. The molecule has 1 amide bonds. The molecule has 1 heterocycles. The standard InChI is InChI=1S/C9H13N3O3S/c1-6(16(2,14)15)9(13)12-8-3-4-11-5-7(8)10/h3-6H,10H2,1-2H3,(H,11,12,13). The van der Waals surface area contributed by atoms with Crippen LogP contribution in [0, 0.1) is 0 Å². The van der Waals surface area contributed by atoms with Gasteiger partial charge in [-0.1, -0.05) is 0 Å². The minimum Gasteiger partial charge on any atom is -0.396 e. The zero-order valence-corrected chi connectivity index (χ0v) is 9.78. The zero-order chi connectivity index (χ0) is 12.3. The van der Waals surface area contributed by atoms with Crippen molar-refractivity contribution in [1.29, 1.82) is 0 Å². The van der Waals surface area contributed by atoms with Gasteiger partial charge in [-0.2, -0.15) is 0 Å². The van der Waals surface area contributed by atoms with E-state index in [1.807, 2.05) is 0 Å². The fourth-order valence-electron chi connectivity index (χ4n) is 0.949. The van der Waals surface area contributed by atoms with E-state index in [0.29, 0.717) is 5.69 Å². The number of nitrogens with one attached hydrogen (secondary N) is 1. The van der Waals surface area contributed by atoms with Gasteiger partial charge in [0.1, 0.15) is 5.25 Å². The van der Waals surface area contributed by atoms with Crippen LogP contribution >= 0.6 is 0 Å². The minimum atomic E-state index is -3.40. The summed E-state index contributed by atoms with van der Waals surface area (Å²) in [4.78, 5) is 15.3. The number of anilines is 2. The van der Waals surface area contributed by atoms with Crippen LogP contribution in [0.3, 0.4) is 0 Å². The summed E-state index contributed by atoms with van der Waals surface area (Å²) in [6.07, 6.45) is 3.84. The number of nitrogens with zero attached hydrogens (tertiary/aromatic N) is 1. The summed E-state index contributed by atoms with van der Waals surface area (Å²) in [6.45, 7) is 1.32. The highest BCUT2D eigenvalue weighted by Crippen LogP contribution is 2.16. The number of hydrogen-bond donors (Lipinski definition) is 2. The maximum absolute atomic E-state index is 11.5. The largest absolute Gasteiger partial charge is 0.396 e. The van der Waals surface area contributed by atoms with Crippen LogP contribution < -0.4 is 11.1 Å². The molecule has 0 aliphatic carbocycles. The number of aromatic nitrogens is 1. The molecule has 0 radical (unpaired) electrons. The molecule has 1 aromatic rings. The Kier molecular flexibility index (Phi) is 3.48. The summed E-state index contributed by atoms with van der Waals surface area (Å²) in [7, 11) is -3.40. The van der Waals surface area contributed by atoms with Gasteiger partial charge in [0, 0.05) is 12.5 Å². The third kappa shape index (κ3) is 2.93. The molecule has 0 spiro atoms. The number of amides is 1. The van der Waals surface area contributed by atoms with Crippen molar-refractivity contribution < 1.29 is 13.2 Å². The quantitative estimate of drug-likeness (QED) is 0.780. The molecule has 1 unspecified atom stereocenters. The van der Waals surface area contributed by atoms with E-state index in [-0.39, 0.29) is 5.69 Å². The molecule has 16 heavy (non-hydrogen) atoms. The molecular formula is C9H13N3O3S. The van der Waals surface area contributed by atoms with Gasteiger partial charge in [0.25, 0.3) is 0 Å². The van der Waals surface area contributed by atoms with Crippen LogP contribution in [-0.4, -0.2) is 30.8 Å². The van der Waals surface area contributed by atoms with E-state index >= 15 is 0 Å². The summed E-state index contributed by atoms with van der Waals surface area (Å²) >= 11 is 0. The molecule has 0 bridgehead atoms. The number of pyridine rings is 1. The molecule has 0 aliphatic rings. The Labute approximate surface area is 93.8 Å². The highest BCUT2D eigenvalue weighted by Gasteiger charge is 2.23. The van der Waals surface area contributed by atoms with Gasteiger partial charge in [-0.25, -0.2) is 8.42 Å². The van der Waals surface area contributed by atoms with Gasteiger partial charge >= 0.3 is 0 Å². The van der Waals surface area contributed by atoms with Crippen LogP contribution in [0.5, 0.6) is 0 Å². The number of nitrogens with two attached hydrogens (primary N) is 1. The van der Waals surface area contributed by atoms with Crippen molar-refractivity contribution in [3.63, 3.8) is 0 Å². The predicted molar refractivity (Wildman–Crippen MR) is 61.6 cm³/mol. The lowest BCUT2D eigenvalue weighted by molar-refractivity contribution is -0.115. The summed E-state index contributed by atoms with van der Waals surface area (Å²) in [5.74, 6) is -0.611. The molecule has 0 saturated carbocycles. The molecule has 0 saturated heterocycles. The van der Waals surface area contributed by atoms with Gasteiger partial charge < -0.3 is 11.1 Å². The Balaban J connectivity index is 2.84. The monoisotopic (exact) mass is 243 g/mol. The Morgan fingerprint density at radius 3 is 2.69 bits per heavy atom. The van der Waals surface area contributed by atoms with E-state index in [4.69, 9.17) is 5.73 Å². The lowest BCUT2D eigenvalue weighted by Crippen LogP contribution is -2.32. The molecule has 7 heteroatoms. The van der Waals surface area contributed by atoms with Crippen molar-refractivity contribution in [2.45, 2.75) is 12.2 Å². The molecule has 0 fully saturated rings.